The lowest BCUT2D eigenvalue weighted by atomic mass is 10.1. The highest BCUT2D eigenvalue weighted by molar-refractivity contribution is 9.11. The van der Waals surface area contributed by atoms with Crippen molar-refractivity contribution in [2.45, 2.75) is 6.04 Å². The van der Waals surface area contributed by atoms with Gasteiger partial charge < -0.3 is 5.73 Å². The summed E-state index contributed by atoms with van der Waals surface area (Å²) in [4.78, 5) is 1.18. The third kappa shape index (κ3) is 3.31. The maximum Gasteiger partial charge on any atom is 0.0646 e. The number of benzene rings is 1. The van der Waals surface area contributed by atoms with E-state index in [0.717, 1.165) is 14.5 Å². The minimum atomic E-state index is -0.0428. The van der Waals surface area contributed by atoms with Crippen LogP contribution in [0.4, 0.5) is 0 Å². The molecule has 1 aromatic heterocycles. The molecular weight excluding hydrogens is 373 g/mol. The first-order chi connectivity index (χ1) is 7.16. The molecule has 1 heterocycles. The van der Waals surface area contributed by atoms with E-state index in [-0.39, 0.29) is 18.4 Å². The Morgan fingerprint density at radius 3 is 2.25 bits per heavy atom. The van der Waals surface area contributed by atoms with Gasteiger partial charge in [0.2, 0.25) is 0 Å². The molecule has 0 aliphatic rings. The van der Waals surface area contributed by atoms with Crippen LogP contribution in [0.3, 0.4) is 0 Å². The van der Waals surface area contributed by atoms with Crippen LogP contribution in [-0.2, 0) is 0 Å². The number of nitrogens with two attached hydrogens (primary N) is 1. The molecule has 1 nitrogen and oxygen atoms in total. The first kappa shape index (κ1) is 14.2. The van der Waals surface area contributed by atoms with Crippen molar-refractivity contribution in [3.8, 4) is 0 Å². The van der Waals surface area contributed by atoms with E-state index in [0.29, 0.717) is 0 Å². The molecule has 0 aliphatic heterocycles. The van der Waals surface area contributed by atoms with Crippen LogP contribution in [0.1, 0.15) is 16.5 Å². The summed E-state index contributed by atoms with van der Waals surface area (Å²) < 4.78 is 2.08. The highest BCUT2D eigenvalue weighted by atomic mass is 79.9. The number of rotatable bonds is 2. The molecule has 0 aliphatic carbocycles. The molecule has 5 heteroatoms. The Morgan fingerprint density at radius 1 is 1.12 bits per heavy atom. The Labute approximate surface area is 122 Å². The molecule has 2 aromatic rings. The Hall–Kier alpha value is 0.130. The average Bonchev–Trinajstić information content (AvgIpc) is 2.67. The molecule has 0 fully saturated rings. The number of hydrogen-bond acceptors (Lipinski definition) is 2. The Morgan fingerprint density at radius 2 is 1.75 bits per heavy atom. The molecular formula is C11H10Br2ClNS. The van der Waals surface area contributed by atoms with Gasteiger partial charge >= 0.3 is 0 Å². The molecule has 2 N–H and O–H groups in total. The molecule has 0 unspecified atom stereocenters. The molecule has 0 spiro atoms. The number of hydrogen-bond donors (Lipinski definition) is 1. The van der Waals surface area contributed by atoms with Crippen molar-refractivity contribution in [2.75, 3.05) is 0 Å². The van der Waals surface area contributed by atoms with E-state index < -0.39 is 0 Å². The Balaban J connectivity index is 0.00000128. The summed E-state index contributed by atoms with van der Waals surface area (Å²) in [6.07, 6.45) is 0. The molecule has 2 rings (SSSR count). The van der Waals surface area contributed by atoms with Gasteiger partial charge in [-0.25, -0.2) is 0 Å². The van der Waals surface area contributed by atoms with Gasteiger partial charge in [-0.2, -0.15) is 0 Å². The zero-order valence-corrected chi connectivity index (χ0v) is 13.0. The quantitative estimate of drug-likeness (QED) is 0.796. The molecule has 0 radical (unpaired) electrons. The van der Waals surface area contributed by atoms with Crippen molar-refractivity contribution >= 4 is 55.6 Å². The summed E-state index contributed by atoms with van der Waals surface area (Å²) in [7, 11) is 0. The summed E-state index contributed by atoms with van der Waals surface area (Å²) in [5, 5.41) is 2.04. The van der Waals surface area contributed by atoms with Crippen molar-refractivity contribution in [3.63, 3.8) is 0 Å². The van der Waals surface area contributed by atoms with Crippen molar-refractivity contribution in [1.29, 1.82) is 0 Å². The van der Waals surface area contributed by atoms with Gasteiger partial charge in [0, 0.05) is 13.8 Å². The molecule has 1 atom stereocenters. The molecule has 0 amide bonds. The van der Waals surface area contributed by atoms with Crippen LogP contribution in [0.5, 0.6) is 0 Å². The second kappa shape index (κ2) is 6.17. The van der Waals surface area contributed by atoms with Gasteiger partial charge in [-0.1, -0.05) is 37.9 Å². The molecule has 1 aromatic carbocycles. The lowest BCUT2D eigenvalue weighted by Crippen LogP contribution is -2.10. The van der Waals surface area contributed by atoms with Gasteiger partial charge in [0.1, 0.15) is 0 Å². The van der Waals surface area contributed by atoms with E-state index in [9.17, 15) is 0 Å². The predicted octanol–water partition coefficient (Wildman–Crippen LogP) is 4.74. The molecule has 0 saturated heterocycles. The summed E-state index contributed by atoms with van der Waals surface area (Å²) in [6.45, 7) is 0. The first-order valence-electron chi connectivity index (χ1n) is 4.42. The van der Waals surface area contributed by atoms with Gasteiger partial charge in [0.25, 0.3) is 0 Å². The van der Waals surface area contributed by atoms with Crippen molar-refractivity contribution in [1.82, 2.24) is 0 Å². The summed E-state index contributed by atoms with van der Waals surface area (Å²) >= 11 is 8.61. The fourth-order valence-corrected chi connectivity index (χ4v) is 3.47. The second-order valence-corrected chi connectivity index (χ2v) is 6.01. The standard InChI is InChI=1S/C11H9Br2NS.ClH/c12-8-4-7(5-9(13)6-8)11(14)10-2-1-3-15-10;/h1-6,11H,14H2;1H/t11-;/m1./s1. The van der Waals surface area contributed by atoms with E-state index in [1.165, 1.54) is 4.88 Å². The van der Waals surface area contributed by atoms with Crippen LogP contribution >= 0.6 is 55.6 Å². The van der Waals surface area contributed by atoms with E-state index in [4.69, 9.17) is 5.73 Å². The SMILES string of the molecule is Cl.N[C@H](c1cc(Br)cc(Br)c1)c1cccs1. The second-order valence-electron chi connectivity index (χ2n) is 3.20. The van der Waals surface area contributed by atoms with Crippen molar-refractivity contribution in [3.05, 3.63) is 55.1 Å². The Bertz CT molecular complexity index is 439. The lowest BCUT2D eigenvalue weighted by Gasteiger charge is -2.11. The van der Waals surface area contributed by atoms with E-state index in [1.807, 2.05) is 17.5 Å². The van der Waals surface area contributed by atoms with Crippen LogP contribution < -0.4 is 5.73 Å². The van der Waals surface area contributed by atoms with Gasteiger partial charge in [-0.3, -0.25) is 0 Å². The van der Waals surface area contributed by atoms with E-state index >= 15 is 0 Å². The third-order valence-corrected chi connectivity index (χ3v) is 3.96. The minimum absolute atomic E-state index is 0. The first-order valence-corrected chi connectivity index (χ1v) is 6.88. The predicted molar refractivity (Wildman–Crippen MR) is 79.4 cm³/mol. The van der Waals surface area contributed by atoms with Crippen LogP contribution in [0.25, 0.3) is 0 Å². The topological polar surface area (TPSA) is 26.0 Å². The normalized spacial score (nSPS) is 11.9. The minimum Gasteiger partial charge on any atom is -0.320 e. The number of halogens is 3. The Kier molecular flexibility index (Phi) is 5.47. The van der Waals surface area contributed by atoms with Gasteiger partial charge in [-0.15, -0.1) is 23.7 Å². The lowest BCUT2D eigenvalue weighted by molar-refractivity contribution is 0.891. The van der Waals surface area contributed by atoms with Crippen LogP contribution in [0.15, 0.2) is 44.7 Å². The van der Waals surface area contributed by atoms with Gasteiger partial charge in [0.15, 0.2) is 0 Å². The third-order valence-electron chi connectivity index (χ3n) is 2.09. The highest BCUT2D eigenvalue weighted by Gasteiger charge is 2.10. The fourth-order valence-electron chi connectivity index (χ4n) is 1.39. The van der Waals surface area contributed by atoms with Crippen LogP contribution in [0, 0.1) is 0 Å². The fraction of sp³-hybridized carbons (Fsp3) is 0.0909. The van der Waals surface area contributed by atoms with Gasteiger partial charge in [0.05, 0.1) is 6.04 Å². The highest BCUT2D eigenvalue weighted by Crippen LogP contribution is 2.28. The molecule has 16 heavy (non-hydrogen) atoms. The smallest absolute Gasteiger partial charge is 0.0646 e. The monoisotopic (exact) mass is 381 g/mol. The average molecular weight is 384 g/mol. The summed E-state index contributed by atoms with van der Waals surface area (Å²) in [5.74, 6) is 0. The largest absolute Gasteiger partial charge is 0.320 e. The van der Waals surface area contributed by atoms with Crippen LogP contribution in [0.2, 0.25) is 0 Å². The van der Waals surface area contributed by atoms with Gasteiger partial charge in [-0.05, 0) is 35.2 Å². The molecule has 0 saturated carbocycles. The summed E-state index contributed by atoms with van der Waals surface area (Å²) in [5.41, 5.74) is 7.28. The van der Waals surface area contributed by atoms with Crippen LogP contribution in [-0.4, -0.2) is 0 Å². The zero-order valence-electron chi connectivity index (χ0n) is 8.19. The van der Waals surface area contributed by atoms with Crippen molar-refractivity contribution in [2.24, 2.45) is 5.73 Å². The zero-order chi connectivity index (χ0) is 10.8. The van der Waals surface area contributed by atoms with E-state index in [1.54, 1.807) is 11.3 Å². The van der Waals surface area contributed by atoms with Crippen molar-refractivity contribution < 1.29 is 0 Å². The molecule has 86 valence electrons. The maximum atomic E-state index is 6.17. The number of thiophene rings is 1. The summed E-state index contributed by atoms with van der Waals surface area (Å²) in [6, 6.07) is 10.1. The van der Waals surface area contributed by atoms with E-state index in [2.05, 4.69) is 50.1 Å². The maximum absolute atomic E-state index is 6.17. The molecule has 0 bridgehead atoms.